The number of hydrogen-bond donors (Lipinski definition) is 3. The highest BCUT2D eigenvalue weighted by atomic mass is 19.4. The molecule has 4 aromatic heterocycles. The largest absolute Gasteiger partial charge is 0.490 e. The number of H-pyrrole nitrogens is 1. The molecule has 0 radical (unpaired) electrons. The first-order valence-electron chi connectivity index (χ1n) is 11.0. The molecule has 0 amide bonds. The van der Waals surface area contributed by atoms with Crippen LogP contribution in [0.5, 0.6) is 0 Å². The van der Waals surface area contributed by atoms with E-state index in [1.165, 1.54) is 10.7 Å². The standard InChI is InChI=1S/C23H16F4N8O2/c24-14-10-30-22(34-18(14)13-9-31-35-7-1-5-28-19(13)35)32-11-2-3-15-12(8-11)17-16(33-15)4-6-29-20(17)37-21(36)23(25,26)27/h1-3,5,7-10,20,29,33H,4,6H2,(H,30,32,34). The molecular formula is C23H16F4N8O2. The summed E-state index contributed by atoms with van der Waals surface area (Å²) in [5.74, 6) is -2.87. The normalized spacial score (nSPS) is 15.6. The summed E-state index contributed by atoms with van der Waals surface area (Å²) >= 11 is 0. The van der Waals surface area contributed by atoms with Gasteiger partial charge in [-0.1, -0.05) is 0 Å². The van der Waals surface area contributed by atoms with Gasteiger partial charge in [0.15, 0.2) is 17.7 Å². The fraction of sp³-hybridized carbons (Fsp3) is 0.174. The van der Waals surface area contributed by atoms with Crippen molar-refractivity contribution in [3.8, 4) is 11.3 Å². The second-order valence-corrected chi connectivity index (χ2v) is 8.23. The maximum Gasteiger partial charge on any atom is 0.490 e. The number of carbonyl (C=O) groups excluding carboxylic acids is 1. The average Bonchev–Trinajstić information content (AvgIpc) is 3.46. The lowest BCUT2D eigenvalue weighted by Gasteiger charge is -2.25. The first-order chi connectivity index (χ1) is 17.8. The number of ether oxygens (including phenoxy) is 1. The van der Waals surface area contributed by atoms with E-state index in [0.717, 1.165) is 6.20 Å². The number of anilines is 2. The third kappa shape index (κ3) is 4.10. The number of hydrogen-bond acceptors (Lipinski definition) is 8. The summed E-state index contributed by atoms with van der Waals surface area (Å²) in [6, 6.07) is 6.78. The molecule has 0 bridgehead atoms. The number of aromatic nitrogens is 6. The number of esters is 1. The van der Waals surface area contributed by atoms with Crippen molar-refractivity contribution in [1.82, 2.24) is 34.9 Å². The smallest absolute Gasteiger partial charge is 0.435 e. The summed E-state index contributed by atoms with van der Waals surface area (Å²) in [5, 5.41) is 10.5. The van der Waals surface area contributed by atoms with Crippen molar-refractivity contribution in [1.29, 1.82) is 0 Å². The van der Waals surface area contributed by atoms with Crippen molar-refractivity contribution >= 4 is 34.2 Å². The zero-order valence-electron chi connectivity index (χ0n) is 18.7. The molecule has 10 nitrogen and oxygen atoms in total. The summed E-state index contributed by atoms with van der Waals surface area (Å²) < 4.78 is 59.3. The van der Waals surface area contributed by atoms with Crippen LogP contribution in [0.2, 0.25) is 0 Å². The monoisotopic (exact) mass is 512 g/mol. The Morgan fingerprint density at radius 3 is 2.92 bits per heavy atom. The predicted molar refractivity (Wildman–Crippen MR) is 122 cm³/mol. The van der Waals surface area contributed by atoms with Gasteiger partial charge in [-0.25, -0.2) is 28.7 Å². The van der Waals surface area contributed by atoms with Crippen molar-refractivity contribution in [2.75, 3.05) is 11.9 Å². The predicted octanol–water partition coefficient (Wildman–Crippen LogP) is 3.80. The third-order valence-corrected chi connectivity index (χ3v) is 5.88. The molecule has 5 heterocycles. The van der Waals surface area contributed by atoms with Gasteiger partial charge in [0.05, 0.1) is 18.0 Å². The summed E-state index contributed by atoms with van der Waals surface area (Å²) in [6.45, 7) is 0.325. The highest BCUT2D eigenvalue weighted by Gasteiger charge is 2.43. The van der Waals surface area contributed by atoms with Crippen LogP contribution in [0.1, 0.15) is 17.5 Å². The van der Waals surface area contributed by atoms with E-state index in [0.29, 0.717) is 52.0 Å². The van der Waals surface area contributed by atoms with E-state index < -0.39 is 24.2 Å². The molecule has 0 aliphatic carbocycles. The molecule has 6 rings (SSSR count). The Balaban J connectivity index is 1.34. The van der Waals surface area contributed by atoms with Crippen LogP contribution in [0.25, 0.3) is 27.8 Å². The van der Waals surface area contributed by atoms with Crippen LogP contribution >= 0.6 is 0 Å². The van der Waals surface area contributed by atoms with Crippen LogP contribution in [0.15, 0.2) is 49.1 Å². The number of carbonyl (C=O) groups is 1. The molecule has 0 fully saturated rings. The molecule has 1 aliphatic heterocycles. The highest BCUT2D eigenvalue weighted by molar-refractivity contribution is 5.89. The van der Waals surface area contributed by atoms with Crippen LogP contribution < -0.4 is 10.6 Å². The van der Waals surface area contributed by atoms with Crippen LogP contribution in [0.3, 0.4) is 0 Å². The van der Waals surface area contributed by atoms with Crippen LogP contribution in [0.4, 0.5) is 29.2 Å². The highest BCUT2D eigenvalue weighted by Crippen LogP contribution is 2.35. The zero-order valence-corrected chi connectivity index (χ0v) is 18.7. The number of alkyl halides is 3. The van der Waals surface area contributed by atoms with E-state index >= 15 is 0 Å². The maximum absolute atomic E-state index is 14.6. The Morgan fingerprint density at radius 1 is 1.22 bits per heavy atom. The lowest BCUT2D eigenvalue weighted by atomic mass is 10.0. The van der Waals surface area contributed by atoms with Crippen LogP contribution in [-0.2, 0) is 16.0 Å². The quantitative estimate of drug-likeness (QED) is 0.246. The molecule has 1 unspecified atom stereocenters. The molecular weight excluding hydrogens is 496 g/mol. The van der Waals surface area contributed by atoms with E-state index in [1.54, 1.807) is 36.7 Å². The second kappa shape index (κ2) is 8.51. The minimum Gasteiger partial charge on any atom is -0.435 e. The molecule has 1 aromatic carbocycles. The first kappa shape index (κ1) is 22.8. The number of fused-ring (bicyclic) bond motifs is 4. The topological polar surface area (TPSA) is 122 Å². The number of nitrogens with one attached hydrogen (secondary N) is 3. The molecule has 1 aliphatic rings. The van der Waals surface area contributed by atoms with Crippen molar-refractivity contribution in [3.63, 3.8) is 0 Å². The number of rotatable bonds is 4. The first-order valence-corrected chi connectivity index (χ1v) is 11.0. The van der Waals surface area contributed by atoms with E-state index in [-0.39, 0.29) is 11.6 Å². The number of aromatic amines is 1. The molecule has 188 valence electrons. The summed E-state index contributed by atoms with van der Waals surface area (Å²) in [5.41, 5.74) is 2.97. The molecule has 3 N–H and O–H groups in total. The van der Waals surface area contributed by atoms with Crippen LogP contribution in [0, 0.1) is 5.82 Å². The Hall–Kier alpha value is -4.59. The number of halogens is 4. The molecule has 0 spiro atoms. The lowest BCUT2D eigenvalue weighted by molar-refractivity contribution is -0.207. The van der Waals surface area contributed by atoms with E-state index in [4.69, 9.17) is 4.74 Å². The van der Waals surface area contributed by atoms with Crippen molar-refractivity contribution < 1.29 is 27.1 Å². The summed E-state index contributed by atoms with van der Waals surface area (Å²) in [4.78, 5) is 27.2. The minimum atomic E-state index is -5.12. The van der Waals surface area contributed by atoms with Crippen molar-refractivity contribution in [2.24, 2.45) is 0 Å². The van der Waals surface area contributed by atoms with Gasteiger partial charge in [0.25, 0.3) is 0 Å². The van der Waals surface area contributed by atoms with Gasteiger partial charge in [-0.15, -0.1) is 0 Å². The molecule has 0 saturated carbocycles. The SMILES string of the molecule is O=C(OC1NCCc2[nH]c3ccc(Nc4ncc(F)c(-c5cnn6cccnc56)n4)cc3c21)C(F)(F)F. The van der Waals surface area contributed by atoms with Gasteiger partial charge in [-0.3, -0.25) is 5.32 Å². The molecule has 1 atom stereocenters. The minimum absolute atomic E-state index is 0.00497. The third-order valence-electron chi connectivity index (χ3n) is 5.88. The van der Waals surface area contributed by atoms with E-state index in [2.05, 4.69) is 35.7 Å². The van der Waals surface area contributed by atoms with Gasteiger partial charge in [0, 0.05) is 53.2 Å². The fourth-order valence-electron chi connectivity index (χ4n) is 4.29. The molecule has 0 saturated heterocycles. The number of nitrogens with zero attached hydrogens (tertiary/aromatic N) is 5. The summed E-state index contributed by atoms with van der Waals surface area (Å²) in [7, 11) is 0. The Labute approximate surface area is 204 Å². The average molecular weight is 512 g/mol. The molecule has 5 aromatic rings. The van der Waals surface area contributed by atoms with Crippen molar-refractivity contribution in [3.05, 3.63) is 66.1 Å². The zero-order chi connectivity index (χ0) is 25.7. The lowest BCUT2D eigenvalue weighted by Crippen LogP contribution is -2.36. The summed E-state index contributed by atoms with van der Waals surface area (Å²) in [6.07, 6.45) is -0.198. The van der Waals surface area contributed by atoms with Gasteiger partial charge in [0.1, 0.15) is 5.69 Å². The van der Waals surface area contributed by atoms with Gasteiger partial charge in [0.2, 0.25) is 5.95 Å². The molecule has 37 heavy (non-hydrogen) atoms. The van der Waals surface area contributed by atoms with E-state index in [9.17, 15) is 22.4 Å². The van der Waals surface area contributed by atoms with Gasteiger partial charge < -0.3 is 15.0 Å². The Bertz CT molecular complexity index is 1660. The Kier molecular flexibility index (Phi) is 5.26. The maximum atomic E-state index is 14.6. The second-order valence-electron chi connectivity index (χ2n) is 8.23. The van der Waals surface area contributed by atoms with Gasteiger partial charge >= 0.3 is 12.1 Å². The van der Waals surface area contributed by atoms with Crippen LogP contribution in [-0.4, -0.2) is 48.2 Å². The number of benzene rings is 1. The van der Waals surface area contributed by atoms with Gasteiger partial charge in [-0.05, 0) is 24.3 Å². The van der Waals surface area contributed by atoms with Crippen molar-refractivity contribution in [2.45, 2.75) is 18.8 Å². The van der Waals surface area contributed by atoms with Gasteiger partial charge in [-0.2, -0.15) is 18.3 Å². The van der Waals surface area contributed by atoms with E-state index in [1.807, 2.05) is 0 Å². The Morgan fingerprint density at radius 2 is 2.08 bits per heavy atom. The molecule has 14 heteroatoms. The fourth-order valence-corrected chi connectivity index (χ4v) is 4.29.